The van der Waals surface area contributed by atoms with Crippen molar-refractivity contribution in [2.45, 2.75) is 44.0 Å². The lowest BCUT2D eigenvalue weighted by atomic mass is 10.1. The van der Waals surface area contributed by atoms with Gasteiger partial charge in [-0.25, -0.2) is 13.1 Å². The van der Waals surface area contributed by atoms with Crippen LogP contribution in [-0.2, 0) is 14.8 Å². The van der Waals surface area contributed by atoms with Crippen LogP contribution in [0.4, 0.5) is 0 Å². The van der Waals surface area contributed by atoms with E-state index in [1.165, 1.54) is 25.7 Å². The highest BCUT2D eigenvalue weighted by molar-refractivity contribution is 7.89. The fourth-order valence-electron chi connectivity index (χ4n) is 4.12. The van der Waals surface area contributed by atoms with Crippen molar-refractivity contribution < 1.29 is 22.7 Å². The number of sulfonamides is 1. The molecule has 0 bridgehead atoms. The van der Waals surface area contributed by atoms with Gasteiger partial charge in [0.25, 0.3) is 5.91 Å². The average molecular weight is 467 g/mol. The van der Waals surface area contributed by atoms with Gasteiger partial charge in [-0.15, -0.1) is 0 Å². The molecule has 3 rings (SSSR count). The van der Waals surface area contributed by atoms with Gasteiger partial charge in [0.05, 0.1) is 13.7 Å². The van der Waals surface area contributed by atoms with E-state index in [-0.39, 0.29) is 28.5 Å². The Hall–Kier alpha value is -2.17. The van der Waals surface area contributed by atoms with Gasteiger partial charge in [0.15, 0.2) is 0 Å². The number of carbonyl (C=O) groups is 2. The molecule has 2 amide bonds. The van der Waals surface area contributed by atoms with Crippen LogP contribution in [0.3, 0.4) is 0 Å². The molecule has 0 unspecified atom stereocenters. The standard InChI is InChI=1S/C22H34N4O5S/c1-17(2)23-32(29,30)20-15-18(7-8-19(20)31-3)22(28)26-13-11-24(12-14-26)16-21(27)25-9-5-4-6-10-25/h7-8,15,17,23H,4-6,9-14,16H2,1-3H3. The van der Waals surface area contributed by atoms with Gasteiger partial charge < -0.3 is 14.5 Å². The van der Waals surface area contributed by atoms with Crippen molar-refractivity contribution in [2.24, 2.45) is 0 Å². The van der Waals surface area contributed by atoms with Gasteiger partial charge in [-0.2, -0.15) is 0 Å². The molecular weight excluding hydrogens is 432 g/mol. The first kappa shape index (κ1) is 24.5. The molecule has 0 spiro atoms. The fraction of sp³-hybridized carbons (Fsp3) is 0.636. The smallest absolute Gasteiger partial charge is 0.253 e. The van der Waals surface area contributed by atoms with E-state index in [1.54, 1.807) is 24.8 Å². The Bertz CT molecular complexity index is 920. The second-order valence-electron chi connectivity index (χ2n) is 8.65. The number of rotatable bonds is 7. The predicted molar refractivity (Wildman–Crippen MR) is 121 cm³/mol. The first-order valence-electron chi connectivity index (χ1n) is 11.2. The van der Waals surface area contributed by atoms with Gasteiger partial charge in [-0.1, -0.05) is 0 Å². The number of methoxy groups -OCH3 is 1. The van der Waals surface area contributed by atoms with Gasteiger partial charge in [-0.3, -0.25) is 14.5 Å². The van der Waals surface area contributed by atoms with Crippen LogP contribution in [0.15, 0.2) is 23.1 Å². The van der Waals surface area contributed by atoms with Gasteiger partial charge in [0.2, 0.25) is 15.9 Å². The summed E-state index contributed by atoms with van der Waals surface area (Å²) in [6.45, 7) is 7.73. The summed E-state index contributed by atoms with van der Waals surface area (Å²) >= 11 is 0. The van der Waals surface area contributed by atoms with Crippen molar-refractivity contribution in [3.8, 4) is 5.75 Å². The van der Waals surface area contributed by atoms with Crippen molar-refractivity contribution in [1.82, 2.24) is 19.4 Å². The van der Waals surface area contributed by atoms with E-state index in [2.05, 4.69) is 9.62 Å². The van der Waals surface area contributed by atoms with E-state index in [9.17, 15) is 18.0 Å². The maximum atomic E-state index is 13.1. The minimum Gasteiger partial charge on any atom is -0.495 e. The molecule has 2 aliphatic heterocycles. The zero-order chi connectivity index (χ0) is 23.3. The maximum absolute atomic E-state index is 13.1. The van der Waals surface area contributed by atoms with Crippen molar-refractivity contribution in [3.05, 3.63) is 23.8 Å². The highest BCUT2D eigenvalue weighted by Crippen LogP contribution is 2.26. The molecule has 1 N–H and O–H groups in total. The summed E-state index contributed by atoms with van der Waals surface area (Å²) in [5.74, 6) is 0.124. The highest BCUT2D eigenvalue weighted by atomic mass is 32.2. The molecule has 0 radical (unpaired) electrons. The summed E-state index contributed by atoms with van der Waals surface area (Å²) in [5, 5.41) is 0. The molecule has 2 heterocycles. The third kappa shape index (κ3) is 5.99. The molecule has 9 nitrogen and oxygen atoms in total. The van der Waals surface area contributed by atoms with Crippen molar-refractivity contribution in [1.29, 1.82) is 0 Å². The van der Waals surface area contributed by atoms with Gasteiger partial charge >= 0.3 is 0 Å². The normalized spacial score (nSPS) is 18.1. The quantitative estimate of drug-likeness (QED) is 0.647. The third-order valence-corrected chi connectivity index (χ3v) is 7.50. The number of ether oxygens (including phenoxy) is 1. The first-order chi connectivity index (χ1) is 15.2. The molecule has 0 atom stereocenters. The number of piperazine rings is 1. The van der Waals surface area contributed by atoms with Crippen LogP contribution >= 0.6 is 0 Å². The summed E-state index contributed by atoms with van der Waals surface area (Å²) in [6.07, 6.45) is 3.33. The number of amides is 2. The van der Waals surface area contributed by atoms with Crippen LogP contribution in [0.2, 0.25) is 0 Å². The highest BCUT2D eigenvalue weighted by Gasteiger charge is 2.27. The molecule has 10 heteroatoms. The molecule has 2 saturated heterocycles. The van der Waals surface area contributed by atoms with Crippen LogP contribution in [0.25, 0.3) is 0 Å². The summed E-state index contributed by atoms with van der Waals surface area (Å²) < 4.78 is 33.1. The Labute approximate surface area is 190 Å². The fourth-order valence-corrected chi connectivity index (χ4v) is 5.57. The number of carbonyl (C=O) groups excluding carboxylic acids is 2. The Balaban J connectivity index is 1.63. The molecule has 0 saturated carbocycles. The molecule has 2 aliphatic rings. The zero-order valence-corrected chi connectivity index (χ0v) is 20.0. The summed E-state index contributed by atoms with van der Waals surface area (Å²) in [6, 6.07) is 4.18. The second-order valence-corrected chi connectivity index (χ2v) is 10.3. The van der Waals surface area contributed by atoms with E-state index in [0.717, 1.165) is 25.9 Å². The van der Waals surface area contributed by atoms with Crippen LogP contribution in [0, 0.1) is 0 Å². The number of nitrogens with one attached hydrogen (secondary N) is 1. The topological polar surface area (TPSA) is 99.3 Å². The Kier molecular flexibility index (Phi) is 8.13. The van der Waals surface area contributed by atoms with E-state index in [0.29, 0.717) is 38.3 Å². The van der Waals surface area contributed by atoms with Crippen molar-refractivity contribution in [3.63, 3.8) is 0 Å². The number of hydrogen-bond donors (Lipinski definition) is 1. The number of nitrogens with zero attached hydrogens (tertiary/aromatic N) is 3. The summed E-state index contributed by atoms with van der Waals surface area (Å²) in [4.78, 5) is 31.2. The Morgan fingerprint density at radius 3 is 2.25 bits per heavy atom. The zero-order valence-electron chi connectivity index (χ0n) is 19.2. The molecule has 32 heavy (non-hydrogen) atoms. The number of hydrogen-bond acceptors (Lipinski definition) is 6. The molecule has 0 aromatic heterocycles. The van der Waals surface area contributed by atoms with Crippen molar-refractivity contribution in [2.75, 3.05) is 52.9 Å². The van der Waals surface area contributed by atoms with Crippen LogP contribution in [0.1, 0.15) is 43.5 Å². The maximum Gasteiger partial charge on any atom is 0.253 e. The van der Waals surface area contributed by atoms with E-state index in [1.807, 2.05) is 4.90 Å². The van der Waals surface area contributed by atoms with Crippen LogP contribution in [0.5, 0.6) is 5.75 Å². The molecule has 2 fully saturated rings. The molecule has 1 aromatic carbocycles. The van der Waals surface area contributed by atoms with Crippen molar-refractivity contribution >= 4 is 21.8 Å². The third-order valence-electron chi connectivity index (χ3n) is 5.82. The predicted octanol–water partition coefficient (Wildman–Crippen LogP) is 1.15. The summed E-state index contributed by atoms with van der Waals surface area (Å²) in [5.41, 5.74) is 0.299. The summed E-state index contributed by atoms with van der Waals surface area (Å²) in [7, 11) is -2.42. The minimum absolute atomic E-state index is 0.0506. The molecule has 178 valence electrons. The lowest BCUT2D eigenvalue weighted by molar-refractivity contribution is -0.133. The monoisotopic (exact) mass is 466 g/mol. The largest absolute Gasteiger partial charge is 0.495 e. The average Bonchev–Trinajstić information content (AvgIpc) is 2.78. The second kappa shape index (κ2) is 10.6. The van der Waals surface area contributed by atoms with Crippen LogP contribution in [-0.4, -0.2) is 93.9 Å². The SMILES string of the molecule is COc1ccc(C(=O)N2CCN(CC(=O)N3CCCCC3)CC2)cc1S(=O)(=O)NC(C)C. The number of benzene rings is 1. The molecule has 0 aliphatic carbocycles. The molecular formula is C22H34N4O5S. The minimum atomic E-state index is -3.82. The Morgan fingerprint density at radius 2 is 1.66 bits per heavy atom. The van der Waals surface area contributed by atoms with Gasteiger partial charge in [-0.05, 0) is 51.3 Å². The first-order valence-corrected chi connectivity index (χ1v) is 12.7. The van der Waals surface area contributed by atoms with E-state index in [4.69, 9.17) is 4.74 Å². The van der Waals surface area contributed by atoms with E-state index >= 15 is 0 Å². The van der Waals surface area contributed by atoms with E-state index < -0.39 is 10.0 Å². The lowest BCUT2D eigenvalue weighted by Gasteiger charge is -2.36. The number of piperidine rings is 1. The Morgan fingerprint density at radius 1 is 1.00 bits per heavy atom. The lowest BCUT2D eigenvalue weighted by Crippen LogP contribution is -2.52. The van der Waals surface area contributed by atoms with Gasteiger partial charge in [0, 0.05) is 50.9 Å². The van der Waals surface area contributed by atoms with Crippen LogP contribution < -0.4 is 9.46 Å². The van der Waals surface area contributed by atoms with Gasteiger partial charge in [0.1, 0.15) is 10.6 Å². The number of likely N-dealkylation sites (tertiary alicyclic amines) is 1. The molecule has 1 aromatic rings.